The molecule has 0 saturated carbocycles. The molecule has 0 aliphatic heterocycles. The van der Waals surface area contributed by atoms with Gasteiger partial charge in [0.05, 0.1) is 17.3 Å². The van der Waals surface area contributed by atoms with Gasteiger partial charge in [-0.3, -0.25) is 15.1 Å². The second kappa shape index (κ2) is 9.89. The standard InChI is InChI=1S/C23H20N4O4/c1-15-10-17(7-8-20(15)27-23(29)30)22(28)26-13-18-6-5-16(12-24)11-21(18)31-14-19-4-2-3-9-25-19/h2-11,27H,13-14H2,1H3,(H,26,28)(H,29,30). The van der Waals surface area contributed by atoms with E-state index in [-0.39, 0.29) is 19.1 Å². The van der Waals surface area contributed by atoms with Crippen molar-refractivity contribution < 1.29 is 19.4 Å². The number of hydrogen-bond donors (Lipinski definition) is 3. The quantitative estimate of drug-likeness (QED) is 0.537. The van der Waals surface area contributed by atoms with Gasteiger partial charge in [-0.2, -0.15) is 5.26 Å². The maximum atomic E-state index is 12.6. The van der Waals surface area contributed by atoms with Crippen LogP contribution in [0.4, 0.5) is 10.5 Å². The summed E-state index contributed by atoms with van der Waals surface area (Å²) in [6, 6.07) is 17.3. The molecule has 1 aromatic heterocycles. The topological polar surface area (TPSA) is 124 Å². The average molecular weight is 416 g/mol. The van der Waals surface area contributed by atoms with Gasteiger partial charge in [0.1, 0.15) is 12.4 Å². The van der Waals surface area contributed by atoms with Gasteiger partial charge in [0.2, 0.25) is 0 Å². The van der Waals surface area contributed by atoms with Crippen molar-refractivity contribution in [2.75, 3.05) is 5.32 Å². The minimum absolute atomic E-state index is 0.191. The van der Waals surface area contributed by atoms with Gasteiger partial charge in [0.25, 0.3) is 5.91 Å². The fourth-order valence-electron chi connectivity index (χ4n) is 2.88. The van der Waals surface area contributed by atoms with Crippen molar-refractivity contribution in [2.45, 2.75) is 20.1 Å². The Morgan fingerprint density at radius 1 is 1.16 bits per heavy atom. The van der Waals surface area contributed by atoms with Gasteiger partial charge in [-0.1, -0.05) is 12.1 Å². The largest absolute Gasteiger partial charge is 0.487 e. The van der Waals surface area contributed by atoms with Crippen LogP contribution in [-0.4, -0.2) is 22.1 Å². The minimum atomic E-state index is -1.17. The van der Waals surface area contributed by atoms with Crippen LogP contribution in [0.25, 0.3) is 0 Å². The molecule has 0 bridgehead atoms. The maximum absolute atomic E-state index is 12.6. The molecule has 0 aliphatic rings. The van der Waals surface area contributed by atoms with Crippen LogP contribution < -0.4 is 15.4 Å². The number of nitriles is 1. The Kier molecular flexibility index (Phi) is 6.81. The van der Waals surface area contributed by atoms with Crippen LogP contribution >= 0.6 is 0 Å². The van der Waals surface area contributed by atoms with E-state index in [1.807, 2.05) is 18.2 Å². The highest BCUT2D eigenvalue weighted by Gasteiger charge is 2.12. The Morgan fingerprint density at radius 3 is 2.68 bits per heavy atom. The third-order valence-corrected chi connectivity index (χ3v) is 4.47. The van der Waals surface area contributed by atoms with Crippen LogP contribution in [0.2, 0.25) is 0 Å². The summed E-state index contributed by atoms with van der Waals surface area (Å²) in [6.45, 7) is 2.14. The van der Waals surface area contributed by atoms with Gasteiger partial charge in [-0.15, -0.1) is 0 Å². The van der Waals surface area contributed by atoms with Gasteiger partial charge in [0, 0.05) is 29.6 Å². The molecule has 2 aromatic carbocycles. The number of carbonyl (C=O) groups is 2. The summed E-state index contributed by atoms with van der Waals surface area (Å²) in [6.07, 6.45) is 0.504. The SMILES string of the molecule is Cc1cc(C(=O)NCc2ccc(C#N)cc2OCc2ccccn2)ccc1NC(=O)O. The fraction of sp³-hybridized carbons (Fsp3) is 0.130. The summed E-state index contributed by atoms with van der Waals surface area (Å²) >= 11 is 0. The molecule has 156 valence electrons. The zero-order valence-electron chi connectivity index (χ0n) is 16.8. The van der Waals surface area contributed by atoms with E-state index in [1.54, 1.807) is 49.5 Å². The predicted octanol–water partition coefficient (Wildman–Crippen LogP) is 3.86. The van der Waals surface area contributed by atoms with Crippen molar-refractivity contribution in [3.63, 3.8) is 0 Å². The molecule has 0 spiro atoms. The molecule has 0 fully saturated rings. The first-order chi connectivity index (χ1) is 15.0. The second-order valence-electron chi connectivity index (χ2n) is 6.69. The van der Waals surface area contributed by atoms with E-state index in [0.717, 1.165) is 5.69 Å². The van der Waals surface area contributed by atoms with Crippen molar-refractivity contribution in [1.29, 1.82) is 5.26 Å². The molecule has 8 nitrogen and oxygen atoms in total. The number of amides is 2. The zero-order chi connectivity index (χ0) is 22.2. The first-order valence-corrected chi connectivity index (χ1v) is 9.41. The summed E-state index contributed by atoms with van der Waals surface area (Å²) in [5, 5.41) is 23.1. The van der Waals surface area contributed by atoms with E-state index in [9.17, 15) is 14.9 Å². The molecule has 0 unspecified atom stereocenters. The Balaban J connectivity index is 1.70. The van der Waals surface area contributed by atoms with Crippen LogP contribution in [0.5, 0.6) is 5.75 Å². The Labute approximate surface area is 179 Å². The monoisotopic (exact) mass is 416 g/mol. The highest BCUT2D eigenvalue weighted by atomic mass is 16.5. The summed E-state index contributed by atoms with van der Waals surface area (Å²) in [4.78, 5) is 27.6. The first-order valence-electron chi connectivity index (χ1n) is 9.41. The molecule has 2 amide bonds. The average Bonchev–Trinajstić information content (AvgIpc) is 2.78. The van der Waals surface area contributed by atoms with E-state index >= 15 is 0 Å². The normalized spacial score (nSPS) is 10.1. The van der Waals surface area contributed by atoms with Crippen LogP contribution in [0, 0.1) is 18.3 Å². The lowest BCUT2D eigenvalue weighted by Crippen LogP contribution is -2.23. The number of anilines is 1. The summed E-state index contributed by atoms with van der Waals surface area (Å²) in [5.41, 5.74) is 3.35. The molecule has 8 heteroatoms. The number of rotatable bonds is 7. The zero-order valence-corrected chi connectivity index (χ0v) is 16.8. The number of nitrogens with one attached hydrogen (secondary N) is 2. The van der Waals surface area contributed by atoms with Crippen LogP contribution in [0.15, 0.2) is 60.8 Å². The number of carboxylic acid groups (broad SMARTS) is 1. The van der Waals surface area contributed by atoms with Gasteiger partial charge in [-0.25, -0.2) is 4.79 Å². The number of aryl methyl sites for hydroxylation is 1. The lowest BCUT2D eigenvalue weighted by atomic mass is 10.1. The van der Waals surface area contributed by atoms with Crippen LogP contribution in [0.1, 0.15) is 32.7 Å². The molecule has 3 N–H and O–H groups in total. The van der Waals surface area contributed by atoms with Crippen molar-refractivity contribution in [1.82, 2.24) is 10.3 Å². The predicted molar refractivity (Wildman–Crippen MR) is 114 cm³/mol. The van der Waals surface area contributed by atoms with Crippen LogP contribution in [0.3, 0.4) is 0 Å². The number of hydrogen-bond acceptors (Lipinski definition) is 5. The van der Waals surface area contributed by atoms with Crippen molar-refractivity contribution in [2.24, 2.45) is 0 Å². The smallest absolute Gasteiger partial charge is 0.409 e. The van der Waals surface area contributed by atoms with Crippen molar-refractivity contribution in [3.05, 3.63) is 88.7 Å². The third-order valence-electron chi connectivity index (χ3n) is 4.47. The third kappa shape index (κ3) is 5.81. The molecular formula is C23H20N4O4. The molecule has 0 atom stereocenters. The second-order valence-corrected chi connectivity index (χ2v) is 6.69. The molecule has 31 heavy (non-hydrogen) atoms. The number of nitrogens with zero attached hydrogens (tertiary/aromatic N) is 2. The van der Waals surface area contributed by atoms with Crippen molar-refractivity contribution in [3.8, 4) is 11.8 Å². The fourth-order valence-corrected chi connectivity index (χ4v) is 2.88. The number of ether oxygens (including phenoxy) is 1. The highest BCUT2D eigenvalue weighted by Crippen LogP contribution is 2.22. The number of aromatic nitrogens is 1. The number of benzene rings is 2. The van der Waals surface area contributed by atoms with E-state index in [1.165, 1.54) is 0 Å². The van der Waals surface area contributed by atoms with Gasteiger partial charge >= 0.3 is 6.09 Å². The lowest BCUT2D eigenvalue weighted by Gasteiger charge is -2.13. The minimum Gasteiger partial charge on any atom is -0.487 e. The Morgan fingerprint density at radius 2 is 2.00 bits per heavy atom. The summed E-state index contributed by atoms with van der Waals surface area (Å²) in [5.74, 6) is 0.173. The van der Waals surface area contributed by atoms with Gasteiger partial charge < -0.3 is 15.2 Å². The van der Waals surface area contributed by atoms with E-state index in [4.69, 9.17) is 9.84 Å². The molecular weight excluding hydrogens is 396 g/mol. The van der Waals surface area contributed by atoms with E-state index < -0.39 is 6.09 Å². The molecule has 3 rings (SSSR count). The summed E-state index contributed by atoms with van der Waals surface area (Å²) in [7, 11) is 0. The van der Waals surface area contributed by atoms with Crippen molar-refractivity contribution >= 4 is 17.7 Å². The maximum Gasteiger partial charge on any atom is 0.409 e. The lowest BCUT2D eigenvalue weighted by molar-refractivity contribution is 0.0950. The number of pyridine rings is 1. The molecule has 3 aromatic rings. The van der Waals surface area contributed by atoms with Gasteiger partial charge in [-0.05, 0) is 55.0 Å². The Bertz CT molecular complexity index is 1140. The molecule has 1 heterocycles. The molecule has 0 radical (unpaired) electrons. The van der Waals surface area contributed by atoms with Crippen LogP contribution in [-0.2, 0) is 13.2 Å². The summed E-state index contributed by atoms with van der Waals surface area (Å²) < 4.78 is 5.85. The highest BCUT2D eigenvalue weighted by molar-refractivity contribution is 5.95. The Hall–Kier alpha value is -4.38. The first kappa shape index (κ1) is 21.3. The van der Waals surface area contributed by atoms with E-state index in [0.29, 0.717) is 33.7 Å². The van der Waals surface area contributed by atoms with Gasteiger partial charge in [0.15, 0.2) is 0 Å². The number of carbonyl (C=O) groups excluding carboxylic acids is 1. The molecule has 0 aliphatic carbocycles. The van der Waals surface area contributed by atoms with E-state index in [2.05, 4.69) is 21.7 Å². The molecule has 0 saturated heterocycles.